The SMILES string of the molecule is Cc1cc(Nc2ncc3cc(C)c(C4CCN(C5CCOC5)CC4)cc3n2)n(C)n1. The molecule has 5 rings (SSSR count). The van der Waals surface area contributed by atoms with Gasteiger partial charge in [0.25, 0.3) is 0 Å². The van der Waals surface area contributed by atoms with Gasteiger partial charge >= 0.3 is 0 Å². The van der Waals surface area contributed by atoms with Crippen LogP contribution in [0.1, 0.15) is 42.0 Å². The number of fused-ring (bicyclic) bond motifs is 1. The molecule has 1 aromatic carbocycles. The lowest BCUT2D eigenvalue weighted by molar-refractivity contribution is 0.122. The summed E-state index contributed by atoms with van der Waals surface area (Å²) in [4.78, 5) is 11.9. The predicted octanol–water partition coefficient (Wildman–Crippen LogP) is 3.69. The largest absolute Gasteiger partial charge is 0.380 e. The molecule has 2 aliphatic rings. The molecule has 0 aliphatic carbocycles. The third-order valence-corrected chi connectivity index (χ3v) is 6.60. The molecule has 2 aliphatic heterocycles. The van der Waals surface area contributed by atoms with E-state index in [0.717, 1.165) is 48.7 Å². The number of nitrogens with one attached hydrogen (secondary N) is 1. The van der Waals surface area contributed by atoms with E-state index in [1.54, 1.807) is 0 Å². The van der Waals surface area contributed by atoms with Crippen molar-refractivity contribution in [2.45, 2.75) is 45.1 Å². The van der Waals surface area contributed by atoms with E-state index in [1.165, 1.54) is 30.4 Å². The molecule has 0 saturated carbocycles. The quantitative estimate of drug-likeness (QED) is 0.713. The summed E-state index contributed by atoms with van der Waals surface area (Å²) in [5.74, 6) is 2.10. The van der Waals surface area contributed by atoms with Crippen LogP contribution >= 0.6 is 0 Å². The van der Waals surface area contributed by atoms with Crippen LogP contribution in [0, 0.1) is 13.8 Å². The second-order valence-electron chi connectivity index (χ2n) is 8.71. The van der Waals surface area contributed by atoms with E-state index < -0.39 is 0 Å². The van der Waals surface area contributed by atoms with Gasteiger partial charge in [-0.2, -0.15) is 5.10 Å². The number of hydrogen-bond acceptors (Lipinski definition) is 6. The third-order valence-electron chi connectivity index (χ3n) is 6.60. The number of hydrogen-bond donors (Lipinski definition) is 1. The molecular weight excluding hydrogens is 376 g/mol. The van der Waals surface area contributed by atoms with Gasteiger partial charge in [-0.05, 0) is 75.4 Å². The monoisotopic (exact) mass is 406 g/mol. The molecule has 1 atom stereocenters. The van der Waals surface area contributed by atoms with Crippen molar-refractivity contribution in [3.63, 3.8) is 0 Å². The Balaban J connectivity index is 1.36. The van der Waals surface area contributed by atoms with Crippen LogP contribution < -0.4 is 5.32 Å². The maximum atomic E-state index is 5.58. The van der Waals surface area contributed by atoms with Gasteiger partial charge in [-0.25, -0.2) is 9.97 Å². The topological polar surface area (TPSA) is 68.1 Å². The van der Waals surface area contributed by atoms with Crippen LogP contribution in [0.2, 0.25) is 0 Å². The minimum atomic E-state index is 0.596. The van der Waals surface area contributed by atoms with E-state index in [4.69, 9.17) is 9.72 Å². The first-order valence-electron chi connectivity index (χ1n) is 10.9. The van der Waals surface area contributed by atoms with Crippen LogP contribution in [0.15, 0.2) is 24.4 Å². The Hall–Kier alpha value is -2.51. The van der Waals surface area contributed by atoms with Gasteiger partial charge in [-0.3, -0.25) is 9.58 Å². The Morgan fingerprint density at radius 3 is 2.63 bits per heavy atom. The molecule has 3 aromatic rings. The van der Waals surface area contributed by atoms with Crippen molar-refractivity contribution in [1.82, 2.24) is 24.6 Å². The number of rotatable bonds is 4. The van der Waals surface area contributed by atoms with Crippen LogP contribution in [-0.4, -0.2) is 57.0 Å². The minimum absolute atomic E-state index is 0.596. The first-order valence-corrected chi connectivity index (χ1v) is 10.9. The zero-order valence-electron chi connectivity index (χ0n) is 18.1. The second kappa shape index (κ2) is 7.96. The first kappa shape index (κ1) is 19.5. The summed E-state index contributed by atoms with van der Waals surface area (Å²) >= 11 is 0. The number of aryl methyl sites for hydroxylation is 3. The summed E-state index contributed by atoms with van der Waals surface area (Å²) in [5, 5.41) is 8.76. The van der Waals surface area contributed by atoms with Crippen LogP contribution in [0.4, 0.5) is 11.8 Å². The van der Waals surface area contributed by atoms with Crippen LogP contribution in [-0.2, 0) is 11.8 Å². The summed E-state index contributed by atoms with van der Waals surface area (Å²) in [5.41, 5.74) is 4.75. The van der Waals surface area contributed by atoms with Crippen LogP contribution in [0.3, 0.4) is 0 Å². The van der Waals surface area contributed by atoms with Gasteiger partial charge in [0.1, 0.15) is 5.82 Å². The number of ether oxygens (including phenoxy) is 1. The van der Waals surface area contributed by atoms with Gasteiger partial charge < -0.3 is 10.1 Å². The van der Waals surface area contributed by atoms with E-state index in [9.17, 15) is 0 Å². The van der Waals surface area contributed by atoms with E-state index >= 15 is 0 Å². The summed E-state index contributed by atoms with van der Waals surface area (Å²) in [7, 11) is 1.92. The maximum absolute atomic E-state index is 5.58. The zero-order chi connectivity index (χ0) is 20.7. The van der Waals surface area contributed by atoms with E-state index in [-0.39, 0.29) is 0 Å². The van der Waals surface area contributed by atoms with Gasteiger partial charge in [0.05, 0.1) is 17.8 Å². The summed E-state index contributed by atoms with van der Waals surface area (Å²) in [6.45, 7) is 8.34. The highest BCUT2D eigenvalue weighted by atomic mass is 16.5. The fraction of sp³-hybridized carbons (Fsp3) is 0.522. The normalized spacial score (nSPS) is 20.8. The van der Waals surface area contributed by atoms with Gasteiger partial charge in [0.15, 0.2) is 0 Å². The lowest BCUT2D eigenvalue weighted by atomic mass is 9.85. The van der Waals surface area contributed by atoms with E-state index in [2.05, 4.69) is 39.4 Å². The smallest absolute Gasteiger partial charge is 0.228 e. The summed E-state index contributed by atoms with van der Waals surface area (Å²) < 4.78 is 7.40. The van der Waals surface area contributed by atoms with Crippen molar-refractivity contribution in [2.75, 3.05) is 31.6 Å². The Morgan fingerprint density at radius 1 is 1.10 bits per heavy atom. The minimum Gasteiger partial charge on any atom is -0.380 e. The van der Waals surface area contributed by atoms with Crippen molar-refractivity contribution in [3.8, 4) is 0 Å². The number of piperidine rings is 1. The van der Waals surface area contributed by atoms with Crippen molar-refractivity contribution < 1.29 is 4.74 Å². The first-order chi connectivity index (χ1) is 14.6. The van der Waals surface area contributed by atoms with Gasteiger partial charge in [-0.1, -0.05) is 0 Å². The molecule has 0 bridgehead atoms. The van der Waals surface area contributed by atoms with Gasteiger partial charge in [-0.15, -0.1) is 0 Å². The highest BCUT2D eigenvalue weighted by Gasteiger charge is 2.28. The second-order valence-corrected chi connectivity index (χ2v) is 8.71. The molecule has 2 aromatic heterocycles. The maximum Gasteiger partial charge on any atom is 0.228 e. The van der Waals surface area contributed by atoms with Crippen LogP contribution in [0.25, 0.3) is 10.9 Å². The Labute approximate surface area is 177 Å². The molecule has 1 unspecified atom stereocenters. The van der Waals surface area contributed by atoms with Gasteiger partial charge in [0, 0.05) is 37.3 Å². The van der Waals surface area contributed by atoms with Crippen LogP contribution in [0.5, 0.6) is 0 Å². The van der Waals surface area contributed by atoms with E-state index in [0.29, 0.717) is 17.9 Å². The number of anilines is 2. The van der Waals surface area contributed by atoms with Gasteiger partial charge in [0.2, 0.25) is 5.95 Å². The molecule has 0 amide bonds. The highest BCUT2D eigenvalue weighted by Crippen LogP contribution is 2.34. The van der Waals surface area contributed by atoms with E-state index in [1.807, 2.05) is 30.9 Å². The molecule has 158 valence electrons. The Morgan fingerprint density at radius 2 is 1.93 bits per heavy atom. The molecule has 7 nitrogen and oxygen atoms in total. The Bertz CT molecular complexity index is 1050. The average Bonchev–Trinajstić information content (AvgIpc) is 3.38. The van der Waals surface area contributed by atoms with Crippen molar-refractivity contribution >= 4 is 22.7 Å². The molecule has 7 heteroatoms. The van der Waals surface area contributed by atoms with Crippen molar-refractivity contribution in [3.05, 3.63) is 41.2 Å². The molecule has 2 saturated heterocycles. The third kappa shape index (κ3) is 3.79. The predicted molar refractivity (Wildman–Crippen MR) is 118 cm³/mol. The van der Waals surface area contributed by atoms with Crippen molar-refractivity contribution in [2.24, 2.45) is 7.05 Å². The molecular formula is C23H30N6O. The summed E-state index contributed by atoms with van der Waals surface area (Å²) in [6.07, 6.45) is 5.50. The number of aromatic nitrogens is 4. The molecule has 0 spiro atoms. The Kier molecular flexibility index (Phi) is 5.16. The fourth-order valence-corrected chi connectivity index (χ4v) is 4.94. The summed E-state index contributed by atoms with van der Waals surface area (Å²) in [6, 6.07) is 7.14. The highest BCUT2D eigenvalue weighted by molar-refractivity contribution is 5.81. The lowest BCUT2D eigenvalue weighted by Gasteiger charge is -2.36. The zero-order valence-corrected chi connectivity index (χ0v) is 18.1. The molecule has 30 heavy (non-hydrogen) atoms. The average molecular weight is 407 g/mol. The number of likely N-dealkylation sites (tertiary alicyclic amines) is 1. The standard InChI is InChI=1S/C23H30N6O/c1-15-10-18-13-24-23(26-22-11-16(2)27-28(22)3)25-21(18)12-20(15)17-4-7-29(8-5-17)19-6-9-30-14-19/h10-13,17,19H,4-9,14H2,1-3H3,(H,24,25,26). The number of benzene rings is 1. The number of nitrogens with zero attached hydrogens (tertiary/aromatic N) is 5. The molecule has 4 heterocycles. The lowest BCUT2D eigenvalue weighted by Crippen LogP contribution is -2.41. The fourth-order valence-electron chi connectivity index (χ4n) is 4.94. The molecule has 1 N–H and O–H groups in total. The molecule has 0 radical (unpaired) electrons. The van der Waals surface area contributed by atoms with Crippen molar-refractivity contribution in [1.29, 1.82) is 0 Å². The molecule has 2 fully saturated rings.